The zero-order valence-electron chi connectivity index (χ0n) is 18.0. The van der Waals surface area contributed by atoms with E-state index in [1.54, 1.807) is 24.7 Å². The SMILES string of the molecule is Cc1ccncc1-c1cc2cc(Nc3c(N4CCC(C#N)CC4)c(=O)c3=O)ncc2c(N)n1. The Kier molecular flexibility index (Phi) is 4.98. The Balaban J connectivity index is 1.48. The molecule has 0 spiro atoms. The molecule has 9 nitrogen and oxygen atoms in total. The van der Waals surface area contributed by atoms with Crippen molar-refractivity contribution in [3.05, 3.63) is 62.8 Å². The maximum Gasteiger partial charge on any atom is 0.253 e. The summed E-state index contributed by atoms with van der Waals surface area (Å²) in [6.45, 7) is 3.11. The molecule has 3 aromatic heterocycles. The summed E-state index contributed by atoms with van der Waals surface area (Å²) in [5.41, 5.74) is 8.34. The average Bonchev–Trinajstić information content (AvgIpc) is 2.84. The molecule has 4 heterocycles. The molecule has 4 aromatic rings. The highest BCUT2D eigenvalue weighted by atomic mass is 16.2. The summed E-state index contributed by atoms with van der Waals surface area (Å²) in [6.07, 6.45) is 6.41. The van der Waals surface area contributed by atoms with E-state index < -0.39 is 10.9 Å². The maximum atomic E-state index is 12.3. The number of anilines is 4. The zero-order valence-corrected chi connectivity index (χ0v) is 18.0. The lowest BCUT2D eigenvalue weighted by Crippen LogP contribution is -2.45. The summed E-state index contributed by atoms with van der Waals surface area (Å²) in [5.74, 6) is 0.769. The fourth-order valence-electron chi connectivity index (χ4n) is 4.27. The van der Waals surface area contributed by atoms with Crippen molar-refractivity contribution in [1.82, 2.24) is 15.0 Å². The Morgan fingerprint density at radius 3 is 2.70 bits per heavy atom. The molecule has 1 aliphatic heterocycles. The molecule has 33 heavy (non-hydrogen) atoms. The highest BCUT2D eigenvalue weighted by Crippen LogP contribution is 2.31. The van der Waals surface area contributed by atoms with E-state index in [1.807, 2.05) is 24.0 Å². The quantitative estimate of drug-likeness (QED) is 0.460. The van der Waals surface area contributed by atoms with Crippen molar-refractivity contribution in [1.29, 1.82) is 5.26 Å². The van der Waals surface area contributed by atoms with Gasteiger partial charge in [-0.3, -0.25) is 14.6 Å². The van der Waals surface area contributed by atoms with E-state index in [2.05, 4.69) is 26.3 Å². The first-order valence-electron chi connectivity index (χ1n) is 10.7. The first-order valence-corrected chi connectivity index (χ1v) is 10.7. The van der Waals surface area contributed by atoms with Crippen LogP contribution in [-0.2, 0) is 0 Å². The number of aromatic nitrogens is 3. The van der Waals surface area contributed by atoms with Gasteiger partial charge in [-0.2, -0.15) is 5.26 Å². The van der Waals surface area contributed by atoms with E-state index in [0.717, 1.165) is 16.5 Å². The van der Waals surface area contributed by atoms with Gasteiger partial charge in [0.25, 0.3) is 10.9 Å². The fourth-order valence-corrected chi connectivity index (χ4v) is 4.27. The molecule has 0 radical (unpaired) electrons. The van der Waals surface area contributed by atoms with Crippen LogP contribution in [0.1, 0.15) is 18.4 Å². The van der Waals surface area contributed by atoms with E-state index in [9.17, 15) is 9.59 Å². The van der Waals surface area contributed by atoms with Crippen LogP contribution in [0.25, 0.3) is 22.0 Å². The molecule has 1 saturated heterocycles. The van der Waals surface area contributed by atoms with Gasteiger partial charge in [-0.05, 0) is 48.9 Å². The second kappa shape index (κ2) is 7.98. The molecule has 1 fully saturated rings. The zero-order chi connectivity index (χ0) is 23.1. The molecular weight excluding hydrogens is 418 g/mol. The lowest BCUT2D eigenvalue weighted by atomic mass is 9.97. The van der Waals surface area contributed by atoms with E-state index in [1.165, 1.54) is 0 Å². The van der Waals surface area contributed by atoms with Crippen LogP contribution < -0.4 is 26.8 Å². The van der Waals surface area contributed by atoms with E-state index in [4.69, 9.17) is 11.0 Å². The van der Waals surface area contributed by atoms with Crippen molar-refractivity contribution in [2.75, 3.05) is 29.0 Å². The maximum absolute atomic E-state index is 12.3. The summed E-state index contributed by atoms with van der Waals surface area (Å²) in [7, 11) is 0. The van der Waals surface area contributed by atoms with Gasteiger partial charge in [0.2, 0.25) is 0 Å². The molecule has 164 valence electrons. The van der Waals surface area contributed by atoms with Crippen LogP contribution in [0.3, 0.4) is 0 Å². The molecule has 0 bridgehead atoms. The Hall–Kier alpha value is -4.32. The van der Waals surface area contributed by atoms with Crippen LogP contribution in [0.5, 0.6) is 0 Å². The number of nitrogen functional groups attached to an aromatic ring is 1. The lowest BCUT2D eigenvalue weighted by Gasteiger charge is -2.32. The third-order valence-corrected chi connectivity index (χ3v) is 6.19. The van der Waals surface area contributed by atoms with Crippen LogP contribution in [0, 0.1) is 24.2 Å². The monoisotopic (exact) mass is 439 g/mol. The highest BCUT2D eigenvalue weighted by molar-refractivity contribution is 5.95. The molecule has 0 atom stereocenters. The lowest BCUT2D eigenvalue weighted by molar-refractivity contribution is 0.487. The van der Waals surface area contributed by atoms with Gasteiger partial charge >= 0.3 is 0 Å². The normalized spacial score (nSPS) is 14.5. The topological polar surface area (TPSA) is 138 Å². The van der Waals surface area contributed by atoms with Crippen LogP contribution in [0.4, 0.5) is 23.0 Å². The van der Waals surface area contributed by atoms with Crippen LogP contribution in [0.2, 0.25) is 0 Å². The van der Waals surface area contributed by atoms with Crippen molar-refractivity contribution >= 4 is 33.8 Å². The second-order valence-electron chi connectivity index (χ2n) is 8.27. The number of hydrogen-bond acceptors (Lipinski definition) is 9. The average molecular weight is 439 g/mol. The van der Waals surface area contributed by atoms with Crippen molar-refractivity contribution < 1.29 is 0 Å². The summed E-state index contributed by atoms with van der Waals surface area (Å²) in [4.78, 5) is 39.6. The first kappa shape index (κ1) is 20.6. The minimum absolute atomic E-state index is 0.0111. The number of hydrogen-bond donors (Lipinski definition) is 2. The molecule has 1 aromatic carbocycles. The van der Waals surface area contributed by atoms with Gasteiger partial charge in [0.05, 0.1) is 11.8 Å². The predicted molar refractivity (Wildman–Crippen MR) is 127 cm³/mol. The van der Waals surface area contributed by atoms with E-state index in [0.29, 0.717) is 54.3 Å². The van der Waals surface area contributed by atoms with Crippen molar-refractivity contribution in [2.45, 2.75) is 19.8 Å². The molecule has 1 aliphatic rings. The number of piperidine rings is 1. The summed E-state index contributed by atoms with van der Waals surface area (Å²) in [5, 5.41) is 13.6. The number of aryl methyl sites for hydroxylation is 1. The van der Waals surface area contributed by atoms with Crippen molar-refractivity contribution in [3.63, 3.8) is 0 Å². The predicted octanol–water partition coefficient (Wildman–Crippen LogP) is 2.66. The number of nitrogens with zero attached hydrogens (tertiary/aromatic N) is 5. The number of nitrogens with two attached hydrogens (primary N) is 1. The number of rotatable bonds is 4. The molecule has 9 heteroatoms. The third kappa shape index (κ3) is 3.55. The number of nitriles is 1. The standard InChI is InChI=1S/C24H21N7O2/c1-13-2-5-27-11-16(13)18-8-15-9-19(28-12-17(15)24(26)29-18)30-20-21(23(33)22(20)32)31-6-3-14(10-25)4-7-31/h2,5,8-9,11-12,14H,3-4,6-7H2,1H3,(H2,26,29)(H,28,30). The molecule has 0 amide bonds. The Morgan fingerprint density at radius 2 is 1.97 bits per heavy atom. The molecule has 3 N–H and O–H groups in total. The van der Waals surface area contributed by atoms with Gasteiger partial charge < -0.3 is 16.0 Å². The number of pyridine rings is 3. The fraction of sp³-hybridized carbons (Fsp3) is 0.250. The molecule has 0 saturated carbocycles. The van der Waals surface area contributed by atoms with Gasteiger partial charge in [-0.1, -0.05) is 0 Å². The van der Waals surface area contributed by atoms with Gasteiger partial charge in [0.15, 0.2) is 0 Å². The summed E-state index contributed by atoms with van der Waals surface area (Å²) in [6, 6.07) is 7.86. The minimum Gasteiger partial charge on any atom is -0.383 e. The minimum atomic E-state index is -0.560. The van der Waals surface area contributed by atoms with Gasteiger partial charge in [-0.15, -0.1) is 0 Å². The number of nitrogens with one attached hydrogen (secondary N) is 1. The molecule has 0 aliphatic carbocycles. The van der Waals surface area contributed by atoms with Crippen LogP contribution >= 0.6 is 0 Å². The number of fused-ring (bicyclic) bond motifs is 1. The van der Waals surface area contributed by atoms with Gasteiger partial charge in [0.1, 0.15) is 23.0 Å². The van der Waals surface area contributed by atoms with Crippen molar-refractivity contribution in [3.8, 4) is 17.3 Å². The Bertz CT molecular complexity index is 1490. The molecular formula is C24H21N7O2. The smallest absolute Gasteiger partial charge is 0.253 e. The Labute approximate surface area is 189 Å². The van der Waals surface area contributed by atoms with Crippen LogP contribution in [-0.4, -0.2) is 28.0 Å². The van der Waals surface area contributed by atoms with Gasteiger partial charge in [-0.25, -0.2) is 9.97 Å². The van der Waals surface area contributed by atoms with Gasteiger partial charge in [0, 0.05) is 48.5 Å². The van der Waals surface area contributed by atoms with Crippen molar-refractivity contribution in [2.24, 2.45) is 5.92 Å². The van der Waals surface area contributed by atoms with Crippen LogP contribution in [0.15, 0.2) is 46.4 Å². The van der Waals surface area contributed by atoms with E-state index in [-0.39, 0.29) is 11.6 Å². The third-order valence-electron chi connectivity index (χ3n) is 6.19. The Morgan fingerprint density at radius 1 is 1.18 bits per heavy atom. The first-order chi connectivity index (χ1) is 16.0. The molecule has 0 unspecified atom stereocenters. The summed E-state index contributed by atoms with van der Waals surface area (Å²) >= 11 is 0. The largest absolute Gasteiger partial charge is 0.383 e. The summed E-state index contributed by atoms with van der Waals surface area (Å²) < 4.78 is 0. The second-order valence-corrected chi connectivity index (χ2v) is 8.27. The highest BCUT2D eigenvalue weighted by Gasteiger charge is 2.29. The van der Waals surface area contributed by atoms with E-state index >= 15 is 0 Å². The molecule has 5 rings (SSSR count).